The first-order chi connectivity index (χ1) is 12.1. The molecule has 0 fully saturated rings. The molecule has 1 aliphatic carbocycles. The number of pyridine rings is 1. The molecular formula is C19H18N4O2. The van der Waals surface area contributed by atoms with Crippen molar-refractivity contribution in [3.05, 3.63) is 64.8 Å². The number of aryl methyl sites for hydroxylation is 3. The second kappa shape index (κ2) is 6.12. The van der Waals surface area contributed by atoms with Crippen LogP contribution >= 0.6 is 0 Å². The SMILES string of the molecule is Cc1ccnc(C(=O)NC2CCc3cc(-c4noc(C)n4)ccc32)c1. The average molecular weight is 334 g/mol. The molecule has 1 atom stereocenters. The summed E-state index contributed by atoms with van der Waals surface area (Å²) in [5.74, 6) is 1.00. The van der Waals surface area contributed by atoms with E-state index in [-0.39, 0.29) is 11.9 Å². The highest BCUT2D eigenvalue weighted by molar-refractivity contribution is 5.92. The number of benzene rings is 1. The van der Waals surface area contributed by atoms with E-state index in [1.54, 1.807) is 19.2 Å². The van der Waals surface area contributed by atoms with Crippen LogP contribution in [-0.2, 0) is 6.42 Å². The molecule has 6 heteroatoms. The van der Waals surface area contributed by atoms with E-state index in [0.717, 1.165) is 29.5 Å². The van der Waals surface area contributed by atoms with Gasteiger partial charge in [-0.25, -0.2) is 0 Å². The smallest absolute Gasteiger partial charge is 0.270 e. The molecular weight excluding hydrogens is 316 g/mol. The van der Waals surface area contributed by atoms with Gasteiger partial charge in [0.1, 0.15) is 5.69 Å². The first kappa shape index (κ1) is 15.5. The van der Waals surface area contributed by atoms with Gasteiger partial charge in [0.25, 0.3) is 5.91 Å². The van der Waals surface area contributed by atoms with Crippen LogP contribution < -0.4 is 5.32 Å². The van der Waals surface area contributed by atoms with E-state index in [2.05, 4.69) is 26.5 Å². The maximum Gasteiger partial charge on any atom is 0.270 e. The molecule has 0 saturated heterocycles. The maximum atomic E-state index is 12.4. The van der Waals surface area contributed by atoms with Gasteiger partial charge >= 0.3 is 0 Å². The molecule has 4 rings (SSSR count). The predicted octanol–water partition coefficient (Wildman–Crippen LogP) is 3.17. The number of nitrogens with one attached hydrogen (secondary N) is 1. The highest BCUT2D eigenvalue weighted by Crippen LogP contribution is 2.33. The van der Waals surface area contributed by atoms with Crippen molar-refractivity contribution >= 4 is 5.91 Å². The van der Waals surface area contributed by atoms with Gasteiger partial charge in [-0.2, -0.15) is 4.98 Å². The van der Waals surface area contributed by atoms with Gasteiger partial charge in [-0.15, -0.1) is 0 Å². The third kappa shape index (κ3) is 3.03. The van der Waals surface area contributed by atoms with Gasteiger partial charge in [0.2, 0.25) is 11.7 Å². The van der Waals surface area contributed by atoms with Crippen LogP contribution in [0.2, 0.25) is 0 Å². The van der Waals surface area contributed by atoms with Gasteiger partial charge < -0.3 is 9.84 Å². The van der Waals surface area contributed by atoms with E-state index < -0.39 is 0 Å². The Morgan fingerprint density at radius 2 is 2.12 bits per heavy atom. The van der Waals surface area contributed by atoms with Crippen molar-refractivity contribution in [2.75, 3.05) is 0 Å². The lowest BCUT2D eigenvalue weighted by Gasteiger charge is -2.14. The molecule has 25 heavy (non-hydrogen) atoms. The fraction of sp³-hybridized carbons (Fsp3) is 0.263. The normalized spacial score (nSPS) is 15.8. The number of carbonyl (C=O) groups excluding carboxylic acids is 1. The van der Waals surface area contributed by atoms with Crippen molar-refractivity contribution < 1.29 is 9.32 Å². The summed E-state index contributed by atoms with van der Waals surface area (Å²) in [5.41, 5.74) is 4.76. The van der Waals surface area contributed by atoms with E-state index in [9.17, 15) is 4.79 Å². The van der Waals surface area contributed by atoms with Crippen molar-refractivity contribution in [2.24, 2.45) is 0 Å². The molecule has 0 radical (unpaired) electrons. The van der Waals surface area contributed by atoms with Crippen molar-refractivity contribution in [3.8, 4) is 11.4 Å². The Morgan fingerprint density at radius 3 is 2.88 bits per heavy atom. The lowest BCUT2D eigenvalue weighted by Crippen LogP contribution is -2.27. The Balaban J connectivity index is 1.55. The van der Waals surface area contributed by atoms with Crippen LogP contribution in [0.3, 0.4) is 0 Å². The summed E-state index contributed by atoms with van der Waals surface area (Å²) in [7, 11) is 0. The van der Waals surface area contributed by atoms with Crippen molar-refractivity contribution in [2.45, 2.75) is 32.7 Å². The topological polar surface area (TPSA) is 80.9 Å². The predicted molar refractivity (Wildman–Crippen MR) is 92.0 cm³/mol. The summed E-state index contributed by atoms with van der Waals surface area (Å²) in [5, 5.41) is 7.05. The molecule has 126 valence electrons. The van der Waals surface area contributed by atoms with Crippen LogP contribution in [-0.4, -0.2) is 21.0 Å². The molecule has 0 bridgehead atoms. The summed E-state index contributed by atoms with van der Waals surface area (Å²) < 4.78 is 5.05. The minimum atomic E-state index is -0.139. The molecule has 0 spiro atoms. The number of amides is 1. The maximum absolute atomic E-state index is 12.4. The summed E-state index contributed by atoms with van der Waals surface area (Å²) >= 11 is 0. The number of hydrogen-bond acceptors (Lipinski definition) is 5. The van der Waals surface area contributed by atoms with Crippen LogP contribution in [0.4, 0.5) is 0 Å². The minimum absolute atomic E-state index is 0.00543. The van der Waals surface area contributed by atoms with Gasteiger partial charge in [-0.05, 0) is 54.7 Å². The highest BCUT2D eigenvalue weighted by atomic mass is 16.5. The lowest BCUT2D eigenvalue weighted by molar-refractivity contribution is 0.0931. The molecule has 0 saturated carbocycles. The van der Waals surface area contributed by atoms with E-state index >= 15 is 0 Å². The average Bonchev–Trinajstić information content (AvgIpc) is 3.21. The summed E-state index contributed by atoms with van der Waals surface area (Å²) in [6.45, 7) is 3.72. The second-order valence-corrected chi connectivity index (χ2v) is 6.33. The van der Waals surface area contributed by atoms with Crippen molar-refractivity contribution in [3.63, 3.8) is 0 Å². The van der Waals surface area contributed by atoms with Gasteiger partial charge in [-0.1, -0.05) is 17.3 Å². The van der Waals surface area contributed by atoms with Gasteiger partial charge in [0, 0.05) is 18.7 Å². The summed E-state index contributed by atoms with van der Waals surface area (Å²) in [6.07, 6.45) is 3.44. The quantitative estimate of drug-likeness (QED) is 0.796. The molecule has 2 heterocycles. The Morgan fingerprint density at radius 1 is 1.24 bits per heavy atom. The van der Waals surface area contributed by atoms with Crippen molar-refractivity contribution in [1.29, 1.82) is 0 Å². The van der Waals surface area contributed by atoms with Crippen LogP contribution in [0, 0.1) is 13.8 Å². The third-order valence-electron chi connectivity index (χ3n) is 4.46. The zero-order valence-electron chi connectivity index (χ0n) is 14.1. The van der Waals surface area contributed by atoms with E-state index in [1.165, 1.54) is 5.56 Å². The standard InChI is InChI=1S/C19H18N4O2/c1-11-7-8-20-17(9-11)19(24)22-16-6-4-13-10-14(3-5-15(13)16)18-21-12(2)25-23-18/h3,5,7-10,16H,4,6H2,1-2H3,(H,22,24). The minimum Gasteiger partial charge on any atom is -0.344 e. The van der Waals surface area contributed by atoms with Gasteiger partial charge in [-0.3, -0.25) is 9.78 Å². The number of fused-ring (bicyclic) bond motifs is 1. The third-order valence-corrected chi connectivity index (χ3v) is 4.46. The van der Waals surface area contributed by atoms with Gasteiger partial charge in [0.15, 0.2) is 0 Å². The molecule has 1 unspecified atom stereocenters. The highest BCUT2D eigenvalue weighted by Gasteiger charge is 2.25. The van der Waals surface area contributed by atoms with Gasteiger partial charge in [0.05, 0.1) is 6.04 Å². The van der Waals surface area contributed by atoms with Crippen LogP contribution in [0.1, 0.15) is 45.5 Å². The Bertz CT molecular complexity index is 948. The number of rotatable bonds is 3. The monoisotopic (exact) mass is 334 g/mol. The number of nitrogens with zero attached hydrogens (tertiary/aromatic N) is 3. The van der Waals surface area contributed by atoms with Crippen LogP contribution in [0.25, 0.3) is 11.4 Å². The first-order valence-electron chi connectivity index (χ1n) is 8.27. The molecule has 1 aromatic carbocycles. The molecule has 0 aliphatic heterocycles. The first-order valence-corrected chi connectivity index (χ1v) is 8.27. The van der Waals surface area contributed by atoms with E-state index in [1.807, 2.05) is 25.1 Å². The van der Waals surface area contributed by atoms with E-state index in [0.29, 0.717) is 17.4 Å². The summed E-state index contributed by atoms with van der Waals surface area (Å²) in [4.78, 5) is 20.9. The fourth-order valence-corrected chi connectivity index (χ4v) is 3.22. The second-order valence-electron chi connectivity index (χ2n) is 6.33. The Labute approximate surface area is 145 Å². The van der Waals surface area contributed by atoms with Crippen LogP contribution in [0.15, 0.2) is 41.1 Å². The largest absolute Gasteiger partial charge is 0.344 e. The molecule has 3 aromatic rings. The Hall–Kier alpha value is -3.02. The molecule has 1 amide bonds. The number of aromatic nitrogens is 3. The van der Waals surface area contributed by atoms with Crippen molar-refractivity contribution in [1.82, 2.24) is 20.4 Å². The zero-order valence-corrected chi connectivity index (χ0v) is 14.1. The Kier molecular flexibility index (Phi) is 3.80. The molecule has 1 N–H and O–H groups in total. The number of hydrogen-bond donors (Lipinski definition) is 1. The fourth-order valence-electron chi connectivity index (χ4n) is 3.22. The van der Waals surface area contributed by atoms with E-state index in [4.69, 9.17) is 4.52 Å². The molecule has 1 aliphatic rings. The lowest BCUT2D eigenvalue weighted by atomic mass is 10.0. The molecule has 2 aromatic heterocycles. The number of carbonyl (C=O) groups is 1. The molecule has 6 nitrogen and oxygen atoms in total. The summed E-state index contributed by atoms with van der Waals surface area (Å²) in [6, 6.07) is 9.77. The zero-order chi connectivity index (χ0) is 17.4. The van der Waals surface area contributed by atoms with Crippen LogP contribution in [0.5, 0.6) is 0 Å².